The standard InChI is InChI=1S/C33H28N2O5S/c1-22-7-3-4-8-26(22)20-39-27-17-15-24(16-18-27)30-19-29(35-40-30)32(36)34-28-9-5-6-10-31(28)41-21-23-11-13-25(14-12-23)33(37)38-2/h3-19H,20-21H2,1-2H3,(H,34,36). The number of anilines is 1. The van der Waals surface area contributed by atoms with Crippen molar-refractivity contribution in [2.45, 2.75) is 24.2 Å². The highest BCUT2D eigenvalue weighted by Crippen LogP contribution is 2.31. The van der Waals surface area contributed by atoms with Crippen LogP contribution in [-0.4, -0.2) is 24.1 Å². The summed E-state index contributed by atoms with van der Waals surface area (Å²) in [5.74, 6) is 1.15. The molecular weight excluding hydrogens is 536 g/mol. The minimum absolute atomic E-state index is 0.179. The van der Waals surface area contributed by atoms with Crippen molar-refractivity contribution in [2.75, 3.05) is 12.4 Å². The van der Waals surface area contributed by atoms with Gasteiger partial charge in [0.2, 0.25) is 0 Å². The third-order valence-corrected chi connectivity index (χ3v) is 7.59. The second kappa shape index (κ2) is 13.0. The molecule has 0 saturated carbocycles. The predicted octanol–water partition coefficient (Wildman–Crippen LogP) is 7.56. The second-order valence-corrected chi connectivity index (χ2v) is 10.3. The number of carbonyl (C=O) groups is 2. The van der Waals surface area contributed by atoms with Crippen molar-refractivity contribution in [3.8, 4) is 17.1 Å². The van der Waals surface area contributed by atoms with E-state index in [2.05, 4.69) is 23.5 Å². The minimum atomic E-state index is -0.367. The molecule has 7 nitrogen and oxygen atoms in total. The molecule has 5 rings (SSSR count). The molecule has 5 aromatic rings. The number of rotatable bonds is 10. The Kier molecular flexibility index (Phi) is 8.81. The molecule has 0 radical (unpaired) electrons. The predicted molar refractivity (Wildman–Crippen MR) is 159 cm³/mol. The first kappa shape index (κ1) is 27.7. The number of thioether (sulfide) groups is 1. The zero-order chi connectivity index (χ0) is 28.6. The molecule has 0 aliphatic heterocycles. The number of carbonyl (C=O) groups excluding carboxylic acids is 2. The van der Waals surface area contributed by atoms with Crippen molar-refractivity contribution in [1.82, 2.24) is 5.16 Å². The highest BCUT2D eigenvalue weighted by atomic mass is 32.2. The molecule has 1 N–H and O–H groups in total. The first-order chi connectivity index (χ1) is 20.0. The lowest BCUT2D eigenvalue weighted by Crippen LogP contribution is -2.12. The summed E-state index contributed by atoms with van der Waals surface area (Å²) in [6, 6.07) is 32.0. The quantitative estimate of drug-likeness (QED) is 0.138. The number of esters is 1. The van der Waals surface area contributed by atoms with Crippen molar-refractivity contribution in [1.29, 1.82) is 0 Å². The zero-order valence-corrected chi connectivity index (χ0v) is 23.4. The first-order valence-corrected chi connectivity index (χ1v) is 13.9. The van der Waals surface area contributed by atoms with Gasteiger partial charge in [0.15, 0.2) is 11.5 Å². The molecule has 4 aromatic carbocycles. The van der Waals surface area contributed by atoms with Gasteiger partial charge < -0.3 is 19.3 Å². The smallest absolute Gasteiger partial charge is 0.337 e. The molecule has 0 aliphatic rings. The van der Waals surface area contributed by atoms with E-state index in [1.165, 1.54) is 12.7 Å². The molecule has 0 spiro atoms. The van der Waals surface area contributed by atoms with Crippen molar-refractivity contribution in [3.05, 3.63) is 131 Å². The van der Waals surface area contributed by atoms with Crippen LogP contribution in [0.5, 0.6) is 5.75 Å². The van der Waals surface area contributed by atoms with E-state index in [0.29, 0.717) is 29.4 Å². The van der Waals surface area contributed by atoms with Gasteiger partial charge in [0.25, 0.3) is 5.91 Å². The van der Waals surface area contributed by atoms with E-state index in [4.69, 9.17) is 14.0 Å². The number of ether oxygens (including phenoxy) is 2. The molecule has 0 atom stereocenters. The van der Waals surface area contributed by atoms with Crippen LogP contribution in [0.4, 0.5) is 5.69 Å². The number of amides is 1. The number of aryl methyl sites for hydroxylation is 1. The number of nitrogens with one attached hydrogen (secondary N) is 1. The van der Waals surface area contributed by atoms with Crippen LogP contribution < -0.4 is 10.1 Å². The fourth-order valence-electron chi connectivity index (χ4n) is 4.06. The van der Waals surface area contributed by atoms with Crippen molar-refractivity contribution >= 4 is 29.3 Å². The highest BCUT2D eigenvalue weighted by Gasteiger charge is 2.16. The summed E-state index contributed by atoms with van der Waals surface area (Å²) >= 11 is 1.58. The number of aromatic nitrogens is 1. The van der Waals surface area contributed by atoms with Gasteiger partial charge in [-0.15, -0.1) is 11.8 Å². The fourth-order valence-corrected chi connectivity index (χ4v) is 5.03. The Morgan fingerprint density at radius 1 is 0.902 bits per heavy atom. The van der Waals surface area contributed by atoms with Gasteiger partial charge in [-0.05, 0) is 72.1 Å². The maximum atomic E-state index is 13.0. The van der Waals surface area contributed by atoms with Crippen LogP contribution in [0.1, 0.15) is 37.5 Å². The Hall–Kier alpha value is -4.82. The number of benzene rings is 4. The Morgan fingerprint density at radius 3 is 2.39 bits per heavy atom. The van der Waals surface area contributed by atoms with Crippen LogP contribution in [0.2, 0.25) is 0 Å². The van der Waals surface area contributed by atoms with Gasteiger partial charge in [-0.2, -0.15) is 0 Å². The molecule has 8 heteroatoms. The summed E-state index contributed by atoms with van der Waals surface area (Å²) in [5.41, 5.74) is 5.50. The summed E-state index contributed by atoms with van der Waals surface area (Å²) in [7, 11) is 1.36. The number of nitrogens with zero attached hydrogens (tertiary/aromatic N) is 1. The number of hydrogen-bond acceptors (Lipinski definition) is 7. The Bertz CT molecular complexity index is 1650. The van der Waals surface area contributed by atoms with Crippen LogP contribution in [0.3, 0.4) is 0 Å². The average Bonchev–Trinajstić information content (AvgIpc) is 3.51. The SMILES string of the molecule is COC(=O)c1ccc(CSc2ccccc2NC(=O)c2cc(-c3ccc(OCc4ccccc4C)cc3)on2)cc1. The van der Waals surface area contributed by atoms with Crippen LogP contribution in [-0.2, 0) is 17.1 Å². The fraction of sp³-hybridized carbons (Fsp3) is 0.121. The Balaban J connectivity index is 1.19. The van der Waals surface area contributed by atoms with E-state index in [9.17, 15) is 9.59 Å². The molecule has 1 heterocycles. The van der Waals surface area contributed by atoms with Crippen LogP contribution in [0.25, 0.3) is 11.3 Å². The number of hydrogen-bond donors (Lipinski definition) is 1. The summed E-state index contributed by atoms with van der Waals surface area (Å²) in [5, 5.41) is 6.93. The first-order valence-electron chi connectivity index (χ1n) is 12.9. The normalized spacial score (nSPS) is 10.7. The van der Waals surface area contributed by atoms with Gasteiger partial charge >= 0.3 is 5.97 Å². The number of para-hydroxylation sites is 1. The van der Waals surface area contributed by atoms with E-state index in [1.807, 2.05) is 78.9 Å². The monoisotopic (exact) mass is 564 g/mol. The molecule has 41 heavy (non-hydrogen) atoms. The molecule has 0 aliphatic carbocycles. The van der Waals surface area contributed by atoms with Gasteiger partial charge in [-0.1, -0.05) is 53.7 Å². The third-order valence-electron chi connectivity index (χ3n) is 6.44. The maximum absolute atomic E-state index is 13.0. The van der Waals surface area contributed by atoms with Gasteiger partial charge in [0.1, 0.15) is 12.4 Å². The molecule has 0 saturated heterocycles. The van der Waals surface area contributed by atoms with Crippen LogP contribution in [0.15, 0.2) is 113 Å². The van der Waals surface area contributed by atoms with Crippen molar-refractivity contribution in [3.63, 3.8) is 0 Å². The van der Waals surface area contributed by atoms with E-state index in [0.717, 1.165) is 27.3 Å². The third kappa shape index (κ3) is 7.04. The van der Waals surface area contributed by atoms with E-state index in [-0.39, 0.29) is 17.6 Å². The zero-order valence-electron chi connectivity index (χ0n) is 22.6. The maximum Gasteiger partial charge on any atom is 0.337 e. The number of methoxy groups -OCH3 is 1. The highest BCUT2D eigenvalue weighted by molar-refractivity contribution is 7.98. The molecular formula is C33H28N2O5S. The van der Waals surface area contributed by atoms with Crippen molar-refractivity contribution in [2.24, 2.45) is 0 Å². The Labute approximate surface area is 242 Å². The van der Waals surface area contributed by atoms with E-state index < -0.39 is 0 Å². The van der Waals surface area contributed by atoms with Crippen LogP contribution >= 0.6 is 11.8 Å². The average molecular weight is 565 g/mol. The van der Waals surface area contributed by atoms with E-state index in [1.54, 1.807) is 30.0 Å². The van der Waals surface area contributed by atoms with Gasteiger partial charge in [0, 0.05) is 22.3 Å². The van der Waals surface area contributed by atoms with Gasteiger partial charge in [0.05, 0.1) is 18.4 Å². The Morgan fingerprint density at radius 2 is 1.63 bits per heavy atom. The summed E-state index contributed by atoms with van der Waals surface area (Å²) in [6.07, 6.45) is 0. The molecule has 0 bridgehead atoms. The summed E-state index contributed by atoms with van der Waals surface area (Å²) in [4.78, 5) is 25.6. The molecule has 0 unspecified atom stereocenters. The minimum Gasteiger partial charge on any atom is -0.489 e. The van der Waals surface area contributed by atoms with Crippen LogP contribution in [0, 0.1) is 6.92 Å². The molecule has 206 valence electrons. The lowest BCUT2D eigenvalue weighted by molar-refractivity contribution is 0.0600. The van der Waals surface area contributed by atoms with Crippen molar-refractivity contribution < 1.29 is 23.6 Å². The summed E-state index contributed by atoms with van der Waals surface area (Å²) < 4.78 is 16.1. The summed E-state index contributed by atoms with van der Waals surface area (Å²) in [6.45, 7) is 2.55. The molecule has 1 amide bonds. The molecule has 1 aromatic heterocycles. The lowest BCUT2D eigenvalue weighted by atomic mass is 10.1. The topological polar surface area (TPSA) is 90.7 Å². The second-order valence-electron chi connectivity index (χ2n) is 9.24. The van der Waals surface area contributed by atoms with Gasteiger partial charge in [-0.25, -0.2) is 4.79 Å². The largest absolute Gasteiger partial charge is 0.489 e. The molecule has 0 fully saturated rings. The van der Waals surface area contributed by atoms with Gasteiger partial charge in [-0.3, -0.25) is 4.79 Å². The lowest BCUT2D eigenvalue weighted by Gasteiger charge is -2.10. The van der Waals surface area contributed by atoms with E-state index >= 15 is 0 Å².